The van der Waals surface area contributed by atoms with Crippen molar-refractivity contribution in [2.75, 3.05) is 18.4 Å². The minimum Gasteiger partial charge on any atom is -0.384 e. The minimum atomic E-state index is -4.41. The van der Waals surface area contributed by atoms with Crippen LogP contribution in [0.15, 0.2) is 41.4 Å². The van der Waals surface area contributed by atoms with Crippen LogP contribution >= 0.6 is 22.4 Å². The average Bonchev–Trinajstić information content (AvgIpc) is 3.48. The van der Waals surface area contributed by atoms with Gasteiger partial charge in [0.05, 0.1) is 16.0 Å². The van der Waals surface area contributed by atoms with E-state index in [1.54, 1.807) is 6.07 Å². The van der Waals surface area contributed by atoms with E-state index in [1.165, 1.54) is 12.3 Å². The molecule has 5 nitrogen and oxygen atoms in total. The Bertz CT molecular complexity index is 970. The standard InChI is InChI=1S/C20H23ClF3N3O2S/c21-16-4-5-19(15-11-14(15)16)30(28,29)27-8-1-7-25-17-6-9-26-18-10-12(20(22,23)24)2-3-13(17)18/h2-3,5-6,9-10,14-16,27-29H,1,4,7-8,11H2,(H,25,26). The van der Waals surface area contributed by atoms with Gasteiger partial charge in [0.1, 0.15) is 0 Å². The van der Waals surface area contributed by atoms with Gasteiger partial charge in [0.25, 0.3) is 0 Å². The molecule has 3 atom stereocenters. The van der Waals surface area contributed by atoms with E-state index in [0.29, 0.717) is 47.8 Å². The number of aromatic nitrogens is 1. The average molecular weight is 462 g/mol. The largest absolute Gasteiger partial charge is 0.416 e. The van der Waals surface area contributed by atoms with Crippen molar-refractivity contribution in [2.45, 2.75) is 30.8 Å². The van der Waals surface area contributed by atoms with E-state index in [0.717, 1.165) is 18.6 Å². The number of hydrogen-bond acceptors (Lipinski definition) is 5. The highest BCUT2D eigenvalue weighted by Crippen LogP contribution is 2.62. The van der Waals surface area contributed by atoms with E-state index in [9.17, 15) is 22.3 Å². The van der Waals surface area contributed by atoms with Crippen LogP contribution in [-0.2, 0) is 6.18 Å². The van der Waals surface area contributed by atoms with Crippen molar-refractivity contribution >= 4 is 39.0 Å². The van der Waals surface area contributed by atoms with Gasteiger partial charge in [-0.1, -0.05) is 12.1 Å². The third-order valence-electron chi connectivity index (χ3n) is 5.59. The van der Waals surface area contributed by atoms with Crippen LogP contribution in [0, 0.1) is 11.8 Å². The molecule has 0 aliphatic heterocycles. The number of hydrogen-bond donors (Lipinski definition) is 4. The van der Waals surface area contributed by atoms with Gasteiger partial charge in [0.2, 0.25) is 0 Å². The van der Waals surface area contributed by atoms with Crippen LogP contribution in [0.25, 0.3) is 10.9 Å². The molecule has 0 radical (unpaired) electrons. The second-order valence-corrected chi connectivity index (χ2v) is 10.1. The molecule has 2 aliphatic rings. The highest BCUT2D eigenvalue weighted by Gasteiger charge is 2.50. The Labute approximate surface area is 179 Å². The summed E-state index contributed by atoms with van der Waals surface area (Å²) >= 11 is 6.21. The first-order valence-electron chi connectivity index (χ1n) is 9.73. The third-order valence-corrected chi connectivity index (χ3v) is 7.82. The van der Waals surface area contributed by atoms with Crippen LogP contribution in [0.1, 0.15) is 24.8 Å². The van der Waals surface area contributed by atoms with Crippen molar-refractivity contribution < 1.29 is 22.3 Å². The van der Waals surface area contributed by atoms with Crippen LogP contribution in [0.5, 0.6) is 0 Å². The number of allylic oxidation sites excluding steroid dienone is 2. The maximum absolute atomic E-state index is 12.9. The Hall–Kier alpha value is -1.52. The molecule has 1 heterocycles. The van der Waals surface area contributed by atoms with Gasteiger partial charge in [-0.15, -0.1) is 22.4 Å². The monoisotopic (exact) mass is 461 g/mol. The molecule has 164 valence electrons. The number of halogens is 4. The third kappa shape index (κ3) is 4.55. The quantitative estimate of drug-likeness (QED) is 0.308. The molecule has 30 heavy (non-hydrogen) atoms. The molecular weight excluding hydrogens is 439 g/mol. The Morgan fingerprint density at radius 1 is 1.20 bits per heavy atom. The van der Waals surface area contributed by atoms with Crippen LogP contribution in [0.2, 0.25) is 0 Å². The van der Waals surface area contributed by atoms with Gasteiger partial charge >= 0.3 is 6.18 Å². The van der Waals surface area contributed by atoms with Gasteiger partial charge in [-0.3, -0.25) is 14.1 Å². The van der Waals surface area contributed by atoms with Gasteiger partial charge in [-0.2, -0.15) is 13.2 Å². The van der Waals surface area contributed by atoms with Crippen LogP contribution < -0.4 is 10.0 Å². The molecule has 0 saturated heterocycles. The summed E-state index contributed by atoms with van der Waals surface area (Å²) in [6, 6.07) is 5.19. The van der Waals surface area contributed by atoms with Gasteiger partial charge < -0.3 is 5.32 Å². The fourth-order valence-corrected chi connectivity index (χ4v) is 5.90. The predicted molar refractivity (Wildman–Crippen MR) is 115 cm³/mol. The van der Waals surface area contributed by atoms with E-state index in [2.05, 4.69) is 15.0 Å². The Balaban J connectivity index is 1.31. The molecule has 10 heteroatoms. The summed E-state index contributed by atoms with van der Waals surface area (Å²) in [5.41, 5.74) is 0.219. The van der Waals surface area contributed by atoms with Crippen LogP contribution in [-0.4, -0.2) is 32.6 Å². The molecule has 4 N–H and O–H groups in total. The smallest absolute Gasteiger partial charge is 0.384 e. The van der Waals surface area contributed by atoms with Crippen molar-refractivity contribution in [3.05, 3.63) is 47.0 Å². The molecule has 2 aliphatic carbocycles. The Kier molecular flexibility index (Phi) is 5.93. The fraction of sp³-hybridized carbons (Fsp3) is 0.450. The summed E-state index contributed by atoms with van der Waals surface area (Å²) in [6.45, 7) is 0.896. The normalized spacial score (nSPS) is 24.3. The summed E-state index contributed by atoms with van der Waals surface area (Å²) in [7, 11) is -3.00. The summed E-state index contributed by atoms with van der Waals surface area (Å²) < 4.78 is 62.4. The van der Waals surface area contributed by atoms with Crippen molar-refractivity contribution in [3.8, 4) is 0 Å². The number of rotatable bonds is 7. The van der Waals surface area contributed by atoms with E-state index in [1.807, 2.05) is 6.08 Å². The maximum Gasteiger partial charge on any atom is 0.416 e. The summed E-state index contributed by atoms with van der Waals surface area (Å²) in [6.07, 6.45) is 1.07. The van der Waals surface area contributed by atoms with E-state index in [4.69, 9.17) is 11.6 Å². The van der Waals surface area contributed by atoms with Gasteiger partial charge in [-0.05, 0) is 43.4 Å². The lowest BCUT2D eigenvalue weighted by Crippen LogP contribution is -2.26. The zero-order valence-electron chi connectivity index (χ0n) is 16.0. The first-order chi connectivity index (χ1) is 14.2. The number of anilines is 1. The van der Waals surface area contributed by atoms with Crippen molar-refractivity contribution in [1.29, 1.82) is 0 Å². The Morgan fingerprint density at radius 3 is 2.77 bits per heavy atom. The number of nitrogens with one attached hydrogen (secondary N) is 2. The zero-order valence-corrected chi connectivity index (χ0v) is 17.6. The molecule has 0 amide bonds. The molecule has 0 bridgehead atoms. The highest BCUT2D eigenvalue weighted by molar-refractivity contribution is 8.26. The second-order valence-electron chi connectivity index (χ2n) is 7.68. The number of nitrogens with zero attached hydrogens (tertiary/aromatic N) is 1. The lowest BCUT2D eigenvalue weighted by Gasteiger charge is -2.37. The molecule has 1 aromatic carbocycles. The lowest BCUT2D eigenvalue weighted by atomic mass is 10.1. The topological polar surface area (TPSA) is 77.4 Å². The summed E-state index contributed by atoms with van der Waals surface area (Å²) in [5.74, 6) is 0.515. The van der Waals surface area contributed by atoms with Gasteiger partial charge in [0, 0.05) is 41.7 Å². The number of benzene rings is 1. The first-order valence-corrected chi connectivity index (χ1v) is 11.7. The predicted octanol–water partition coefficient (Wildman–Crippen LogP) is 5.84. The minimum absolute atomic E-state index is 0.0838. The van der Waals surface area contributed by atoms with Gasteiger partial charge in [0.15, 0.2) is 0 Å². The SMILES string of the molecule is OS(O)(NCCCNc1ccnc2cc(C(F)(F)F)ccc12)C1=CCC(Cl)C2CC12. The van der Waals surface area contributed by atoms with Crippen LogP contribution in [0.4, 0.5) is 18.9 Å². The van der Waals surface area contributed by atoms with Gasteiger partial charge in [-0.25, -0.2) is 4.72 Å². The summed E-state index contributed by atoms with van der Waals surface area (Å²) in [5, 5.41) is 3.87. The molecule has 1 aromatic heterocycles. The summed E-state index contributed by atoms with van der Waals surface area (Å²) in [4.78, 5) is 4.71. The number of pyridine rings is 1. The molecular formula is C20H23ClF3N3O2S. The molecule has 3 unspecified atom stereocenters. The number of alkyl halides is 4. The maximum atomic E-state index is 12.9. The fourth-order valence-electron chi connectivity index (χ4n) is 3.91. The lowest BCUT2D eigenvalue weighted by molar-refractivity contribution is -0.137. The van der Waals surface area contributed by atoms with E-state index in [-0.39, 0.29) is 16.8 Å². The molecule has 1 saturated carbocycles. The molecule has 1 fully saturated rings. The first kappa shape index (κ1) is 21.7. The molecule has 4 rings (SSSR count). The zero-order chi connectivity index (χ0) is 21.5. The number of fused-ring (bicyclic) bond motifs is 2. The molecule has 0 spiro atoms. The Morgan fingerprint density at radius 2 is 2.00 bits per heavy atom. The van der Waals surface area contributed by atoms with Crippen molar-refractivity contribution in [3.63, 3.8) is 0 Å². The van der Waals surface area contributed by atoms with Crippen LogP contribution in [0.3, 0.4) is 0 Å². The van der Waals surface area contributed by atoms with Crippen molar-refractivity contribution in [2.24, 2.45) is 11.8 Å². The van der Waals surface area contributed by atoms with E-state index >= 15 is 0 Å². The molecule has 2 aromatic rings. The highest BCUT2D eigenvalue weighted by atomic mass is 35.5. The second kappa shape index (κ2) is 8.20. The van der Waals surface area contributed by atoms with Crippen molar-refractivity contribution in [1.82, 2.24) is 9.71 Å². The van der Waals surface area contributed by atoms with E-state index < -0.39 is 22.5 Å².